The number of nitrogen functional groups attached to an aromatic ring is 8. The Morgan fingerprint density at radius 2 is 0.333 bits per heavy atom. The molecule has 4 rings (SSSR count). The number of halogens is 2. The van der Waals surface area contributed by atoms with Crippen LogP contribution in [-0.2, 0) is 30.4 Å². The van der Waals surface area contributed by atoms with Crippen molar-refractivity contribution >= 4 is 45.5 Å². The maximum absolute atomic E-state index is 5.56. The van der Waals surface area contributed by atoms with E-state index in [0.29, 0.717) is 45.5 Å². The summed E-state index contributed by atoms with van der Waals surface area (Å²) in [5.74, 6) is 0. The fourth-order valence-electron chi connectivity index (χ4n) is 3.44. The first-order valence-electron chi connectivity index (χ1n) is 12.9. The minimum absolute atomic E-state index is 0. The van der Waals surface area contributed by atoms with Crippen molar-refractivity contribution in [3.8, 4) is 0 Å². The Balaban J connectivity index is -0.000000152. The van der Waals surface area contributed by atoms with Crippen LogP contribution in [0, 0.1) is 55.4 Å². The summed E-state index contributed by atoms with van der Waals surface area (Å²) in [7, 11) is 0. The molecule has 0 bridgehead atoms. The zero-order valence-corrected chi connectivity index (χ0v) is 32.3. The fraction of sp³-hybridized carbons (Fsp3) is 0.250. The topological polar surface area (TPSA) is 274 Å². The van der Waals surface area contributed by atoms with Crippen molar-refractivity contribution in [1.29, 1.82) is 0 Å². The number of rotatable bonds is 0. The SMILES string of the molecule is Cc1cc(N)c(N)cc1C.Cc1cc(N)c(N)cc1C.Cc1cc(N)c(N)cc1C.Cc1cc(N)c(N)cc1C.[Cl-].[Cl-].[OH3+].[OH3+].[Zn+2]. The number of hydrogen-bond donors (Lipinski definition) is 8. The molecule has 13 heteroatoms. The third-order valence-electron chi connectivity index (χ3n) is 6.80. The quantitative estimate of drug-likeness (QED) is 0.0573. The molecule has 0 saturated carbocycles. The van der Waals surface area contributed by atoms with Crippen LogP contribution in [0.5, 0.6) is 0 Å². The average molecular weight is 719 g/mol. The van der Waals surface area contributed by atoms with E-state index >= 15 is 0 Å². The molecule has 45 heavy (non-hydrogen) atoms. The Labute approximate surface area is 293 Å². The molecule has 0 amide bonds. The van der Waals surface area contributed by atoms with E-state index in [1.165, 1.54) is 44.5 Å². The second kappa shape index (κ2) is 22.8. The molecule has 0 unspecified atom stereocenters. The molecule has 0 fully saturated rings. The predicted molar refractivity (Wildman–Crippen MR) is 189 cm³/mol. The number of benzene rings is 4. The molecule has 22 N–H and O–H groups in total. The van der Waals surface area contributed by atoms with E-state index in [9.17, 15) is 0 Å². The van der Waals surface area contributed by atoms with Gasteiger partial charge >= 0.3 is 19.5 Å². The Bertz CT molecular complexity index is 1070. The molecule has 0 aliphatic rings. The van der Waals surface area contributed by atoms with Crippen molar-refractivity contribution in [2.24, 2.45) is 0 Å². The van der Waals surface area contributed by atoms with Gasteiger partial charge in [0.2, 0.25) is 0 Å². The molecule has 0 aromatic heterocycles. The summed E-state index contributed by atoms with van der Waals surface area (Å²) in [6.07, 6.45) is 0. The first kappa shape index (κ1) is 51.0. The van der Waals surface area contributed by atoms with Gasteiger partial charge in [-0.3, -0.25) is 0 Å². The van der Waals surface area contributed by atoms with E-state index in [-0.39, 0.29) is 55.2 Å². The Morgan fingerprint density at radius 3 is 0.400 bits per heavy atom. The van der Waals surface area contributed by atoms with Gasteiger partial charge in [-0.05, 0) is 148 Å². The zero-order valence-electron chi connectivity index (χ0n) is 27.9. The van der Waals surface area contributed by atoms with Gasteiger partial charge in [0.1, 0.15) is 0 Å². The van der Waals surface area contributed by atoms with Crippen LogP contribution in [0.3, 0.4) is 0 Å². The third-order valence-corrected chi connectivity index (χ3v) is 6.80. The van der Waals surface area contributed by atoms with E-state index in [1.807, 2.05) is 104 Å². The van der Waals surface area contributed by atoms with E-state index in [4.69, 9.17) is 45.9 Å². The average Bonchev–Trinajstić information content (AvgIpc) is 2.85. The molecule has 0 spiro atoms. The van der Waals surface area contributed by atoms with Gasteiger partial charge in [0.25, 0.3) is 0 Å². The smallest absolute Gasteiger partial charge is 1.00 e. The van der Waals surface area contributed by atoms with Crippen LogP contribution in [0.2, 0.25) is 0 Å². The molecule has 248 valence electrons. The Kier molecular flexibility index (Phi) is 25.9. The van der Waals surface area contributed by atoms with Crippen molar-refractivity contribution in [3.63, 3.8) is 0 Å². The van der Waals surface area contributed by atoms with Crippen LogP contribution in [0.25, 0.3) is 0 Å². The molecule has 0 atom stereocenters. The van der Waals surface area contributed by atoms with Gasteiger partial charge < -0.3 is 81.6 Å². The monoisotopic (exact) mass is 716 g/mol. The second-order valence-corrected chi connectivity index (χ2v) is 10.3. The van der Waals surface area contributed by atoms with Gasteiger partial charge in [-0.1, -0.05) is 0 Å². The summed E-state index contributed by atoms with van der Waals surface area (Å²) >= 11 is 0. The van der Waals surface area contributed by atoms with Crippen molar-refractivity contribution in [2.45, 2.75) is 55.4 Å². The second-order valence-electron chi connectivity index (χ2n) is 10.3. The van der Waals surface area contributed by atoms with Crippen LogP contribution in [0.4, 0.5) is 45.5 Å². The van der Waals surface area contributed by atoms with Gasteiger partial charge in [-0.25, -0.2) is 0 Å². The summed E-state index contributed by atoms with van der Waals surface area (Å²) in [5.41, 5.74) is 59.4. The Morgan fingerprint density at radius 1 is 0.267 bits per heavy atom. The van der Waals surface area contributed by atoms with E-state index in [0.717, 1.165) is 0 Å². The first-order valence-corrected chi connectivity index (χ1v) is 12.9. The van der Waals surface area contributed by atoms with Crippen LogP contribution in [0.1, 0.15) is 44.5 Å². The number of hydrogen-bond acceptors (Lipinski definition) is 8. The number of nitrogens with two attached hydrogens (primary N) is 8. The van der Waals surface area contributed by atoms with Crippen molar-refractivity contribution in [1.82, 2.24) is 0 Å². The summed E-state index contributed by atoms with van der Waals surface area (Å²) in [4.78, 5) is 0. The number of anilines is 8. The van der Waals surface area contributed by atoms with Crippen LogP contribution in [0.15, 0.2) is 48.5 Å². The molecular weight excluding hydrogens is 665 g/mol. The van der Waals surface area contributed by atoms with Gasteiger partial charge in [0, 0.05) is 0 Å². The van der Waals surface area contributed by atoms with Crippen LogP contribution >= 0.6 is 0 Å². The van der Waals surface area contributed by atoms with Gasteiger partial charge in [0.05, 0.1) is 45.5 Å². The molecular formula is C32H54Cl2N8O2Zn+2. The van der Waals surface area contributed by atoms with Gasteiger partial charge in [-0.2, -0.15) is 0 Å². The molecule has 4 aromatic carbocycles. The summed E-state index contributed by atoms with van der Waals surface area (Å²) in [5, 5.41) is 0. The summed E-state index contributed by atoms with van der Waals surface area (Å²) in [6, 6.07) is 15.1. The van der Waals surface area contributed by atoms with Crippen molar-refractivity contribution in [3.05, 3.63) is 93.0 Å². The van der Waals surface area contributed by atoms with Gasteiger partial charge in [-0.15, -0.1) is 0 Å². The standard InChI is InChI=1S/4C8H12N2.2ClH.2H2O.Zn/c4*1-5-3-7(9)8(10)4-6(5)2;;;;;/h4*3-4H,9-10H2,1-2H3;2*1H;2*1H2;/q;;;;;;;;+2. The van der Waals surface area contributed by atoms with Crippen molar-refractivity contribution in [2.75, 3.05) is 45.9 Å². The maximum Gasteiger partial charge on any atom is 2.00 e. The van der Waals surface area contributed by atoms with E-state index in [1.54, 1.807) is 0 Å². The molecule has 0 heterocycles. The molecule has 10 nitrogen and oxygen atoms in total. The minimum atomic E-state index is 0. The largest absolute Gasteiger partial charge is 2.00 e. The summed E-state index contributed by atoms with van der Waals surface area (Å²) in [6.45, 7) is 16.2. The fourth-order valence-corrected chi connectivity index (χ4v) is 3.44. The van der Waals surface area contributed by atoms with Crippen LogP contribution in [-0.4, -0.2) is 0 Å². The summed E-state index contributed by atoms with van der Waals surface area (Å²) < 4.78 is 0. The maximum atomic E-state index is 5.56. The molecule has 0 radical (unpaired) electrons. The van der Waals surface area contributed by atoms with E-state index in [2.05, 4.69) is 0 Å². The first-order chi connectivity index (χ1) is 18.4. The van der Waals surface area contributed by atoms with E-state index < -0.39 is 0 Å². The molecule has 0 aliphatic carbocycles. The number of aryl methyl sites for hydroxylation is 8. The normalized spacial score (nSPS) is 8.71. The predicted octanol–water partition coefficient (Wildman–Crippen LogP) is -1.97. The molecule has 0 saturated heterocycles. The van der Waals surface area contributed by atoms with Crippen molar-refractivity contribution < 1.29 is 55.2 Å². The zero-order chi connectivity index (χ0) is 30.9. The molecule has 4 aromatic rings. The van der Waals surface area contributed by atoms with Crippen LogP contribution < -0.4 is 70.7 Å². The Hall–Kier alpha value is -3.60. The van der Waals surface area contributed by atoms with Gasteiger partial charge in [0.15, 0.2) is 0 Å². The molecule has 0 aliphatic heterocycles. The third kappa shape index (κ3) is 16.3. The minimum Gasteiger partial charge on any atom is -1.00 e.